The van der Waals surface area contributed by atoms with E-state index in [0.717, 1.165) is 18.6 Å². The Hall–Kier alpha value is -2.41. The molecule has 7 heteroatoms. The molecule has 0 unspecified atom stereocenters. The third-order valence-electron chi connectivity index (χ3n) is 2.50. The summed E-state index contributed by atoms with van der Waals surface area (Å²) in [6.07, 6.45) is 1.91. The molecule has 0 spiro atoms. The van der Waals surface area contributed by atoms with Gasteiger partial charge in [0.25, 0.3) is 0 Å². The lowest BCUT2D eigenvalue weighted by molar-refractivity contribution is -0.159. The van der Waals surface area contributed by atoms with Gasteiger partial charge in [-0.1, -0.05) is 12.1 Å². The highest BCUT2D eigenvalue weighted by atomic mass is 16.4. The van der Waals surface area contributed by atoms with E-state index in [1.165, 1.54) is 5.52 Å². The Labute approximate surface area is 116 Å². The van der Waals surface area contributed by atoms with Gasteiger partial charge in [0.1, 0.15) is 0 Å². The minimum Gasteiger partial charge on any atom is -0.473 e. The van der Waals surface area contributed by atoms with Gasteiger partial charge in [0.15, 0.2) is 0 Å². The van der Waals surface area contributed by atoms with Crippen molar-refractivity contribution < 1.29 is 19.8 Å². The maximum absolute atomic E-state index is 9.10. The summed E-state index contributed by atoms with van der Waals surface area (Å²) in [6.45, 7) is 2.04. The third kappa shape index (κ3) is 4.69. The second-order valence-electron chi connectivity index (χ2n) is 4.34. The van der Waals surface area contributed by atoms with Crippen LogP contribution in [0.25, 0.3) is 11.0 Å². The zero-order valence-electron chi connectivity index (χ0n) is 11.4. The Morgan fingerprint density at radius 2 is 1.80 bits per heavy atom. The molecule has 0 radical (unpaired) electrons. The highest BCUT2D eigenvalue weighted by Gasteiger charge is 2.04. The van der Waals surface area contributed by atoms with E-state index < -0.39 is 11.9 Å². The number of aromatic nitrogens is 2. The van der Waals surface area contributed by atoms with Crippen LogP contribution in [-0.4, -0.2) is 57.2 Å². The predicted octanol–water partition coefficient (Wildman–Crippen LogP) is 0.753. The first-order valence-corrected chi connectivity index (χ1v) is 5.92. The van der Waals surface area contributed by atoms with Crippen molar-refractivity contribution in [2.45, 2.75) is 6.54 Å². The molecule has 0 saturated carbocycles. The predicted molar refractivity (Wildman–Crippen MR) is 73.6 cm³/mol. The molecule has 108 valence electrons. The van der Waals surface area contributed by atoms with Crippen LogP contribution in [0.5, 0.6) is 0 Å². The normalized spacial score (nSPS) is 10.2. The Morgan fingerprint density at radius 3 is 2.35 bits per heavy atom. The smallest absolute Gasteiger partial charge is 0.414 e. The topological polar surface area (TPSA) is 95.7 Å². The first-order valence-electron chi connectivity index (χ1n) is 5.92. The van der Waals surface area contributed by atoms with Crippen molar-refractivity contribution in [3.05, 3.63) is 30.6 Å². The van der Waals surface area contributed by atoms with Gasteiger partial charge in [-0.05, 0) is 26.2 Å². The molecule has 0 aliphatic carbocycles. The lowest BCUT2D eigenvalue weighted by atomic mass is 10.3. The highest BCUT2D eigenvalue weighted by Crippen LogP contribution is 2.11. The van der Waals surface area contributed by atoms with Gasteiger partial charge in [0.2, 0.25) is 0 Å². The number of carbonyl (C=O) groups is 2. The Balaban J connectivity index is 0.000000286. The molecule has 0 bridgehead atoms. The van der Waals surface area contributed by atoms with E-state index in [4.69, 9.17) is 19.8 Å². The van der Waals surface area contributed by atoms with Crippen molar-refractivity contribution in [2.75, 3.05) is 20.6 Å². The Morgan fingerprint density at radius 1 is 1.20 bits per heavy atom. The first kappa shape index (κ1) is 15.6. The number of rotatable bonds is 3. The van der Waals surface area contributed by atoms with E-state index in [2.05, 4.69) is 40.7 Å². The Bertz CT molecular complexity index is 580. The van der Waals surface area contributed by atoms with E-state index in [-0.39, 0.29) is 0 Å². The number of fused-ring (bicyclic) bond motifs is 1. The van der Waals surface area contributed by atoms with Crippen LogP contribution in [0.4, 0.5) is 0 Å². The molecule has 0 fully saturated rings. The van der Waals surface area contributed by atoms with Crippen LogP contribution in [-0.2, 0) is 16.1 Å². The quantitative estimate of drug-likeness (QED) is 0.805. The molecule has 1 heterocycles. The third-order valence-corrected chi connectivity index (χ3v) is 2.50. The molecular weight excluding hydrogens is 262 g/mol. The van der Waals surface area contributed by atoms with Crippen LogP contribution in [0.1, 0.15) is 0 Å². The minimum atomic E-state index is -1.82. The molecule has 1 aromatic carbocycles. The van der Waals surface area contributed by atoms with Crippen LogP contribution < -0.4 is 0 Å². The van der Waals surface area contributed by atoms with Crippen molar-refractivity contribution in [1.29, 1.82) is 0 Å². The van der Waals surface area contributed by atoms with Gasteiger partial charge in [0, 0.05) is 13.1 Å². The lowest BCUT2D eigenvalue weighted by Gasteiger charge is -2.10. The number of carboxylic acid groups (broad SMARTS) is 2. The highest BCUT2D eigenvalue weighted by molar-refractivity contribution is 6.27. The van der Waals surface area contributed by atoms with Gasteiger partial charge < -0.3 is 19.7 Å². The molecule has 0 amide bonds. The van der Waals surface area contributed by atoms with Crippen LogP contribution in [0.2, 0.25) is 0 Å². The summed E-state index contributed by atoms with van der Waals surface area (Å²) in [7, 11) is 4.16. The lowest BCUT2D eigenvalue weighted by Crippen LogP contribution is -2.17. The van der Waals surface area contributed by atoms with Crippen molar-refractivity contribution in [1.82, 2.24) is 14.5 Å². The minimum absolute atomic E-state index is 0.994. The number of carboxylic acids is 2. The summed E-state index contributed by atoms with van der Waals surface area (Å²) in [5.41, 5.74) is 2.29. The van der Waals surface area contributed by atoms with Gasteiger partial charge in [-0.15, -0.1) is 0 Å². The largest absolute Gasteiger partial charge is 0.473 e. The molecule has 2 rings (SSSR count). The van der Waals surface area contributed by atoms with Crippen LogP contribution in [0.3, 0.4) is 0 Å². The maximum atomic E-state index is 9.10. The van der Waals surface area contributed by atoms with Crippen LogP contribution in [0.15, 0.2) is 30.6 Å². The van der Waals surface area contributed by atoms with E-state index >= 15 is 0 Å². The van der Waals surface area contributed by atoms with Crippen molar-refractivity contribution in [3.63, 3.8) is 0 Å². The monoisotopic (exact) mass is 279 g/mol. The SMILES string of the molecule is CN(C)CCn1cnc2ccccc21.O=C(O)C(=O)O. The number of hydrogen-bond donors (Lipinski definition) is 2. The average molecular weight is 279 g/mol. The zero-order chi connectivity index (χ0) is 15.1. The second-order valence-corrected chi connectivity index (χ2v) is 4.34. The molecule has 1 aromatic heterocycles. The molecule has 0 aliphatic rings. The number of likely N-dealkylation sites (N-methyl/N-ethyl adjacent to an activating group) is 1. The maximum Gasteiger partial charge on any atom is 0.414 e. The van der Waals surface area contributed by atoms with E-state index in [1.807, 2.05) is 18.5 Å². The summed E-state index contributed by atoms with van der Waals surface area (Å²) in [4.78, 5) is 24.7. The molecule has 0 saturated heterocycles. The number of hydrogen-bond acceptors (Lipinski definition) is 4. The van der Waals surface area contributed by atoms with Crippen molar-refractivity contribution in [3.8, 4) is 0 Å². The van der Waals surface area contributed by atoms with Crippen molar-refractivity contribution in [2.24, 2.45) is 0 Å². The molecule has 2 N–H and O–H groups in total. The first-order chi connectivity index (χ1) is 9.41. The van der Waals surface area contributed by atoms with Gasteiger partial charge in [0.05, 0.1) is 17.4 Å². The number of aliphatic carboxylic acids is 2. The van der Waals surface area contributed by atoms with Gasteiger partial charge in [-0.3, -0.25) is 0 Å². The summed E-state index contributed by atoms with van der Waals surface area (Å²) in [5.74, 6) is -3.65. The van der Waals surface area contributed by atoms with Crippen molar-refractivity contribution >= 4 is 23.0 Å². The summed E-state index contributed by atoms with van der Waals surface area (Å²) >= 11 is 0. The van der Waals surface area contributed by atoms with Crippen LogP contribution >= 0.6 is 0 Å². The Kier molecular flexibility index (Phi) is 5.67. The molecule has 2 aromatic rings. The fourth-order valence-corrected chi connectivity index (χ4v) is 1.50. The summed E-state index contributed by atoms with van der Waals surface area (Å²) in [6, 6.07) is 8.22. The molecule has 0 aliphatic heterocycles. The van der Waals surface area contributed by atoms with Gasteiger partial charge in [-0.2, -0.15) is 0 Å². The molecule has 0 atom stereocenters. The average Bonchev–Trinajstić information content (AvgIpc) is 2.80. The van der Waals surface area contributed by atoms with Gasteiger partial charge >= 0.3 is 11.9 Å². The van der Waals surface area contributed by atoms with E-state index in [1.54, 1.807) is 0 Å². The second kappa shape index (κ2) is 7.25. The number of benzene rings is 1. The number of para-hydroxylation sites is 2. The number of nitrogens with zero attached hydrogens (tertiary/aromatic N) is 3. The number of imidazole rings is 1. The summed E-state index contributed by atoms with van der Waals surface area (Å²) < 4.78 is 2.19. The fraction of sp³-hybridized carbons (Fsp3) is 0.308. The molecule has 20 heavy (non-hydrogen) atoms. The zero-order valence-corrected chi connectivity index (χ0v) is 11.4. The fourth-order valence-electron chi connectivity index (χ4n) is 1.50. The van der Waals surface area contributed by atoms with E-state index in [0.29, 0.717) is 0 Å². The standard InChI is InChI=1S/C11H15N3.C2H2O4/c1-13(2)7-8-14-9-12-10-5-3-4-6-11(10)14;3-1(4)2(5)6/h3-6,9H,7-8H2,1-2H3;(H,3,4)(H,5,6). The van der Waals surface area contributed by atoms with Crippen LogP contribution in [0, 0.1) is 0 Å². The molecule has 7 nitrogen and oxygen atoms in total. The molecular formula is C13H17N3O4. The summed E-state index contributed by atoms with van der Waals surface area (Å²) in [5, 5.41) is 14.8. The van der Waals surface area contributed by atoms with E-state index in [9.17, 15) is 0 Å². The van der Waals surface area contributed by atoms with Gasteiger partial charge in [-0.25, -0.2) is 14.6 Å².